The molecule has 5 rings (SSSR count). The summed E-state index contributed by atoms with van der Waals surface area (Å²) < 4.78 is 19.7. The van der Waals surface area contributed by atoms with Gasteiger partial charge in [0.25, 0.3) is 5.69 Å². The molecule has 0 radical (unpaired) electrons. The van der Waals surface area contributed by atoms with Crippen molar-refractivity contribution in [3.8, 4) is 11.5 Å². The van der Waals surface area contributed by atoms with Gasteiger partial charge < -0.3 is 39.3 Å². The molecule has 1 aliphatic heterocycles. The average Bonchev–Trinajstić information content (AvgIpc) is 3.14. The van der Waals surface area contributed by atoms with Gasteiger partial charge in [-0.15, -0.1) is 6.58 Å². The number of amides is 1. The van der Waals surface area contributed by atoms with Gasteiger partial charge in [-0.3, -0.25) is 10.1 Å². The molecule has 1 heterocycles. The van der Waals surface area contributed by atoms with E-state index in [-0.39, 0.29) is 74.1 Å². The van der Waals surface area contributed by atoms with Crippen LogP contribution in [0.25, 0.3) is 0 Å². The Kier molecular flexibility index (Phi) is 13.4. The number of ether oxygens (including phenoxy) is 3. The summed E-state index contributed by atoms with van der Waals surface area (Å²) in [6.07, 6.45) is 7.88. The second-order valence-electron chi connectivity index (χ2n) is 15.7. The highest BCUT2D eigenvalue weighted by Crippen LogP contribution is 2.61. The number of aliphatic hydroxyl groups is 2. The van der Waals surface area contributed by atoms with Crippen LogP contribution in [0, 0.1) is 33.3 Å². The van der Waals surface area contributed by atoms with Crippen LogP contribution in [0.2, 0.25) is 0 Å². The second kappa shape index (κ2) is 17.8. The number of carbonyl (C=O) groups is 1. The van der Waals surface area contributed by atoms with Gasteiger partial charge in [-0.1, -0.05) is 50.9 Å². The smallest absolute Gasteiger partial charge is 0.410 e. The minimum absolute atomic E-state index is 0.0133. The molecule has 0 saturated heterocycles. The van der Waals surface area contributed by atoms with Crippen LogP contribution in [-0.2, 0) is 20.9 Å². The molecule has 1 saturated carbocycles. The zero-order valence-corrected chi connectivity index (χ0v) is 31.8. The van der Waals surface area contributed by atoms with Crippen LogP contribution in [0.3, 0.4) is 0 Å². The van der Waals surface area contributed by atoms with Crippen molar-refractivity contribution in [3.05, 3.63) is 88.0 Å². The highest BCUT2D eigenvalue weighted by molar-refractivity contribution is 6.02. The van der Waals surface area contributed by atoms with Crippen molar-refractivity contribution < 1.29 is 44.1 Å². The Hall–Kier alpha value is -4.46. The van der Waals surface area contributed by atoms with Crippen LogP contribution in [0.1, 0.15) is 82.8 Å². The monoisotopic (exact) mass is 749 g/mol. The van der Waals surface area contributed by atoms with Gasteiger partial charge in [0.05, 0.1) is 29.8 Å². The molecule has 3 N–H and O–H groups in total. The van der Waals surface area contributed by atoms with Gasteiger partial charge in [0, 0.05) is 50.3 Å². The lowest BCUT2D eigenvalue weighted by Gasteiger charge is -2.59. The number of rotatable bonds is 17. The molecular formula is C41H55N3O10. The van der Waals surface area contributed by atoms with Crippen LogP contribution in [0.4, 0.5) is 10.5 Å². The Morgan fingerprint density at radius 1 is 1.11 bits per heavy atom. The van der Waals surface area contributed by atoms with Gasteiger partial charge in [-0.2, -0.15) is 0 Å². The Labute approximate surface area is 317 Å². The summed E-state index contributed by atoms with van der Waals surface area (Å²) in [4.78, 5) is 32.2. The standard InChI is InChI=1S/C41H55N3O10/c1-6-21-52-41-36(43(5)39(48)51-26-40(2,3)4)24-34(42-53-25-27-13-15-29(16-14-27)44(49)50)32-22-28(11-7-9-19-45)31(12-8-10-20-46)37(38(32)41)33-23-30(47)17-18-35(33)54-41/h6,13-18,22-23,28,31,36-38,45-47H,1,7-12,19-21,24-26H2,2-5H3. The van der Waals surface area contributed by atoms with Gasteiger partial charge in [-0.25, -0.2) is 4.79 Å². The van der Waals surface area contributed by atoms with Gasteiger partial charge >= 0.3 is 6.09 Å². The second-order valence-corrected chi connectivity index (χ2v) is 15.7. The predicted molar refractivity (Wildman–Crippen MR) is 203 cm³/mol. The molecule has 6 unspecified atom stereocenters. The molecule has 13 nitrogen and oxygen atoms in total. The number of benzene rings is 2. The van der Waals surface area contributed by atoms with Gasteiger partial charge in [0.2, 0.25) is 5.79 Å². The van der Waals surface area contributed by atoms with E-state index in [1.165, 1.54) is 17.0 Å². The van der Waals surface area contributed by atoms with Gasteiger partial charge in [0.15, 0.2) is 0 Å². The van der Waals surface area contributed by atoms with Crippen LogP contribution in [0.5, 0.6) is 11.5 Å². The normalized spacial score (nSPS) is 25.1. The highest BCUT2D eigenvalue weighted by Gasteiger charge is 2.65. The molecule has 1 fully saturated rings. The van der Waals surface area contributed by atoms with E-state index >= 15 is 0 Å². The first kappa shape index (κ1) is 40.7. The van der Waals surface area contributed by atoms with Crippen molar-refractivity contribution >= 4 is 17.5 Å². The van der Waals surface area contributed by atoms with Crippen LogP contribution < -0.4 is 4.74 Å². The number of fused-ring (bicyclic) bond motifs is 2. The lowest BCUT2D eigenvalue weighted by Crippen LogP contribution is -2.69. The van der Waals surface area contributed by atoms with Crippen LogP contribution >= 0.6 is 0 Å². The number of allylic oxidation sites excluding steroid dienone is 1. The summed E-state index contributed by atoms with van der Waals surface area (Å²) in [5.41, 5.74) is 2.64. The van der Waals surface area contributed by atoms with Crippen molar-refractivity contribution in [3.63, 3.8) is 0 Å². The molecule has 294 valence electrons. The van der Waals surface area contributed by atoms with Crippen LogP contribution in [0.15, 0.2) is 71.9 Å². The van der Waals surface area contributed by atoms with Gasteiger partial charge in [-0.05, 0) is 84.4 Å². The zero-order chi connectivity index (χ0) is 39.0. The van der Waals surface area contributed by atoms with Crippen molar-refractivity contribution in [2.75, 3.05) is 33.5 Å². The van der Waals surface area contributed by atoms with E-state index in [1.54, 1.807) is 43.5 Å². The lowest BCUT2D eigenvalue weighted by molar-refractivity contribution is -0.384. The minimum Gasteiger partial charge on any atom is -0.508 e. The first-order valence-corrected chi connectivity index (χ1v) is 18.9. The molecule has 0 aromatic heterocycles. The number of phenolic OH excluding ortho intramolecular Hbond substituents is 1. The lowest BCUT2D eigenvalue weighted by atomic mass is 9.55. The van der Waals surface area contributed by atoms with Crippen molar-refractivity contribution in [1.82, 2.24) is 4.90 Å². The maximum absolute atomic E-state index is 13.9. The number of oxime groups is 1. The molecule has 0 bridgehead atoms. The third kappa shape index (κ3) is 9.07. The number of likely N-dealkylation sites (N-methyl/N-ethyl adjacent to an activating group) is 1. The molecule has 2 aromatic rings. The maximum Gasteiger partial charge on any atom is 0.410 e. The molecule has 13 heteroatoms. The number of carbonyl (C=O) groups excluding carboxylic acids is 1. The number of phenols is 1. The number of non-ortho nitro benzene ring substituents is 1. The number of unbranched alkanes of at least 4 members (excludes halogenated alkanes) is 2. The Morgan fingerprint density at radius 3 is 2.46 bits per heavy atom. The number of hydrogen-bond acceptors (Lipinski definition) is 11. The van der Waals surface area contributed by atoms with Crippen LogP contribution in [-0.4, -0.2) is 82.3 Å². The van der Waals surface area contributed by atoms with Gasteiger partial charge in [0.1, 0.15) is 24.1 Å². The number of aromatic hydroxyl groups is 1. The quantitative estimate of drug-likeness (QED) is 0.0647. The third-order valence-electron chi connectivity index (χ3n) is 10.6. The Morgan fingerprint density at radius 2 is 1.81 bits per heavy atom. The SMILES string of the molecule is C=CCOC12Oc3ccc(O)cc3C3C(CCCCO)C(CCCCO)C=C(C(=NOCc4ccc([N+](=O)[O-])cc4)CC1N(C)C(=O)OCC(C)(C)C)C32. The number of nitrogens with zero attached hydrogens (tertiary/aromatic N) is 3. The van der Waals surface area contributed by atoms with E-state index in [9.17, 15) is 30.2 Å². The zero-order valence-electron chi connectivity index (χ0n) is 31.8. The van der Waals surface area contributed by atoms with E-state index in [0.29, 0.717) is 29.9 Å². The topological polar surface area (TPSA) is 173 Å². The van der Waals surface area contributed by atoms with E-state index < -0.39 is 28.8 Å². The molecule has 54 heavy (non-hydrogen) atoms. The molecule has 2 aliphatic carbocycles. The van der Waals surface area contributed by atoms with Crippen molar-refractivity contribution in [1.29, 1.82) is 0 Å². The predicted octanol–water partition coefficient (Wildman–Crippen LogP) is 7.25. The number of nitro groups is 1. The minimum atomic E-state index is -1.44. The van der Waals surface area contributed by atoms with E-state index in [0.717, 1.165) is 36.8 Å². The summed E-state index contributed by atoms with van der Waals surface area (Å²) in [6.45, 7) is 10.4. The van der Waals surface area contributed by atoms with Crippen molar-refractivity contribution in [2.45, 2.75) is 90.1 Å². The Balaban J connectivity index is 1.68. The summed E-state index contributed by atoms with van der Waals surface area (Å²) in [6, 6.07) is 10.4. The fourth-order valence-corrected chi connectivity index (χ4v) is 8.14. The third-order valence-corrected chi connectivity index (χ3v) is 10.6. The number of hydrogen-bond donors (Lipinski definition) is 3. The highest BCUT2D eigenvalue weighted by atomic mass is 16.7. The molecule has 1 amide bonds. The molecule has 6 atom stereocenters. The Bertz CT molecular complexity index is 1690. The van der Waals surface area contributed by atoms with E-state index in [4.69, 9.17) is 24.2 Å². The maximum atomic E-state index is 13.9. The van der Waals surface area contributed by atoms with E-state index in [1.807, 2.05) is 20.8 Å². The molecule has 2 aromatic carbocycles. The largest absolute Gasteiger partial charge is 0.508 e. The van der Waals surface area contributed by atoms with E-state index in [2.05, 4.69) is 12.7 Å². The first-order chi connectivity index (χ1) is 25.8. The number of nitro benzene ring substituents is 1. The molecule has 3 aliphatic rings. The van der Waals surface area contributed by atoms with Crippen molar-refractivity contribution in [2.24, 2.45) is 28.3 Å². The fourth-order valence-electron chi connectivity index (χ4n) is 8.14. The summed E-state index contributed by atoms with van der Waals surface area (Å²) in [5, 5.41) is 46.3. The molecule has 0 spiro atoms. The summed E-state index contributed by atoms with van der Waals surface area (Å²) in [5.74, 6) is -1.57. The number of aliphatic hydroxyl groups excluding tert-OH is 2. The summed E-state index contributed by atoms with van der Waals surface area (Å²) in [7, 11) is 1.67. The summed E-state index contributed by atoms with van der Waals surface area (Å²) >= 11 is 0. The fraction of sp³-hybridized carbons (Fsp3) is 0.561. The average molecular weight is 750 g/mol. The molecular weight excluding hydrogens is 694 g/mol. The first-order valence-electron chi connectivity index (χ1n) is 18.9.